The Morgan fingerprint density at radius 3 is 2.32 bits per heavy atom. The molecule has 22 heavy (non-hydrogen) atoms. The molecule has 0 N–H and O–H groups in total. The van der Waals surface area contributed by atoms with E-state index in [-0.39, 0.29) is 30.1 Å². The number of hydrogen-bond acceptors (Lipinski definition) is 2. The molecule has 2 aromatic rings. The number of imide groups is 1. The van der Waals surface area contributed by atoms with Gasteiger partial charge < -0.3 is 0 Å². The Kier molecular flexibility index (Phi) is 3.99. The lowest BCUT2D eigenvalue weighted by atomic mass is 9.86. The zero-order valence-corrected chi connectivity index (χ0v) is 13.0. The number of rotatable bonds is 3. The minimum absolute atomic E-state index is 0.00921. The molecule has 3 nitrogen and oxygen atoms in total. The summed E-state index contributed by atoms with van der Waals surface area (Å²) in [6.07, 6.45) is 0.248. The maximum atomic E-state index is 12.7. The van der Waals surface area contributed by atoms with Crippen LogP contribution < -0.4 is 4.90 Å². The van der Waals surface area contributed by atoms with E-state index in [9.17, 15) is 9.59 Å². The molecule has 1 aliphatic rings. The second-order valence-electron chi connectivity index (χ2n) is 5.55. The van der Waals surface area contributed by atoms with Crippen molar-refractivity contribution in [2.24, 2.45) is 5.92 Å². The summed E-state index contributed by atoms with van der Waals surface area (Å²) in [5, 5.41) is 0.581. The Morgan fingerprint density at radius 1 is 1.05 bits per heavy atom. The Balaban J connectivity index is 1.87. The van der Waals surface area contributed by atoms with Crippen molar-refractivity contribution in [2.75, 3.05) is 4.90 Å². The highest BCUT2D eigenvalue weighted by atomic mass is 35.5. The predicted octanol–water partition coefficient (Wildman–Crippen LogP) is 4.02. The van der Waals surface area contributed by atoms with E-state index in [2.05, 4.69) is 0 Å². The van der Waals surface area contributed by atoms with Gasteiger partial charge in [-0.1, -0.05) is 48.9 Å². The molecule has 2 aromatic carbocycles. The van der Waals surface area contributed by atoms with Crippen LogP contribution in [0.5, 0.6) is 0 Å². The monoisotopic (exact) mass is 313 g/mol. The number of anilines is 1. The van der Waals surface area contributed by atoms with Crippen LogP contribution in [0.15, 0.2) is 54.6 Å². The van der Waals surface area contributed by atoms with E-state index in [1.807, 2.05) is 37.3 Å². The zero-order chi connectivity index (χ0) is 15.7. The number of amides is 2. The van der Waals surface area contributed by atoms with Crippen molar-refractivity contribution in [1.29, 1.82) is 0 Å². The standard InChI is InChI=1S/C18H16ClNO2/c1-12(13-5-3-2-4-6-13)16-11-17(21)20(18(16)22)15-9-7-14(19)8-10-15/h2-10,12,16H,11H2,1H3/t12-,16+/m1/s1. The minimum atomic E-state index is -0.314. The summed E-state index contributed by atoms with van der Waals surface area (Å²) in [6.45, 7) is 2.00. The molecule has 2 amide bonds. The Bertz CT molecular complexity index is 697. The highest BCUT2D eigenvalue weighted by Crippen LogP contribution is 2.35. The van der Waals surface area contributed by atoms with Crippen LogP contribution >= 0.6 is 11.6 Å². The van der Waals surface area contributed by atoms with E-state index in [0.29, 0.717) is 10.7 Å². The highest BCUT2D eigenvalue weighted by molar-refractivity contribution is 6.30. The minimum Gasteiger partial charge on any atom is -0.274 e. The molecule has 4 heteroatoms. The molecular weight excluding hydrogens is 298 g/mol. The molecule has 2 atom stereocenters. The quantitative estimate of drug-likeness (QED) is 0.802. The summed E-state index contributed by atoms with van der Waals surface area (Å²) in [6, 6.07) is 16.6. The summed E-state index contributed by atoms with van der Waals surface area (Å²) in [7, 11) is 0. The summed E-state index contributed by atoms with van der Waals surface area (Å²) < 4.78 is 0. The number of hydrogen-bond donors (Lipinski definition) is 0. The molecule has 1 aliphatic heterocycles. The average molecular weight is 314 g/mol. The Labute approximate surface area is 134 Å². The molecule has 0 aromatic heterocycles. The van der Waals surface area contributed by atoms with Crippen molar-refractivity contribution >= 4 is 29.1 Å². The van der Waals surface area contributed by atoms with Gasteiger partial charge >= 0.3 is 0 Å². The van der Waals surface area contributed by atoms with E-state index >= 15 is 0 Å². The van der Waals surface area contributed by atoms with E-state index in [0.717, 1.165) is 5.56 Å². The molecule has 0 aliphatic carbocycles. The Hall–Kier alpha value is -2.13. The smallest absolute Gasteiger partial charge is 0.237 e. The van der Waals surface area contributed by atoms with Crippen molar-refractivity contribution in [3.63, 3.8) is 0 Å². The van der Waals surface area contributed by atoms with Gasteiger partial charge in [0.15, 0.2) is 0 Å². The van der Waals surface area contributed by atoms with Gasteiger partial charge in [-0.05, 0) is 35.7 Å². The van der Waals surface area contributed by atoms with Crippen molar-refractivity contribution in [3.8, 4) is 0 Å². The lowest BCUT2D eigenvalue weighted by molar-refractivity contribution is -0.122. The van der Waals surface area contributed by atoms with Crippen LogP contribution in [0.1, 0.15) is 24.8 Å². The summed E-state index contributed by atoms with van der Waals surface area (Å²) in [5.74, 6) is -0.593. The van der Waals surface area contributed by atoms with E-state index in [1.54, 1.807) is 24.3 Å². The van der Waals surface area contributed by atoms with Crippen LogP contribution in [0.3, 0.4) is 0 Å². The molecule has 1 heterocycles. The van der Waals surface area contributed by atoms with Gasteiger partial charge in [0.05, 0.1) is 11.6 Å². The normalized spacial score (nSPS) is 19.5. The van der Waals surface area contributed by atoms with E-state index in [4.69, 9.17) is 11.6 Å². The van der Waals surface area contributed by atoms with Crippen LogP contribution in [0, 0.1) is 5.92 Å². The van der Waals surface area contributed by atoms with Crippen LogP contribution in [-0.4, -0.2) is 11.8 Å². The SMILES string of the molecule is C[C@H](c1ccccc1)[C@@H]1CC(=O)N(c2ccc(Cl)cc2)C1=O. The van der Waals surface area contributed by atoms with E-state index < -0.39 is 0 Å². The first-order valence-electron chi connectivity index (χ1n) is 7.25. The van der Waals surface area contributed by atoms with Crippen molar-refractivity contribution in [3.05, 3.63) is 65.2 Å². The third-order valence-corrected chi connectivity index (χ3v) is 4.45. The molecule has 112 valence electrons. The zero-order valence-electron chi connectivity index (χ0n) is 12.2. The first-order chi connectivity index (χ1) is 10.6. The fraction of sp³-hybridized carbons (Fsp3) is 0.222. The van der Waals surface area contributed by atoms with Crippen molar-refractivity contribution in [2.45, 2.75) is 19.3 Å². The predicted molar refractivity (Wildman–Crippen MR) is 86.9 cm³/mol. The van der Waals surface area contributed by atoms with Gasteiger partial charge in [-0.15, -0.1) is 0 Å². The fourth-order valence-electron chi connectivity index (χ4n) is 2.90. The number of benzene rings is 2. The summed E-state index contributed by atoms with van der Waals surface area (Å²) in [4.78, 5) is 26.3. The molecule has 1 saturated heterocycles. The van der Waals surface area contributed by atoms with E-state index in [1.165, 1.54) is 4.90 Å². The van der Waals surface area contributed by atoms with Crippen LogP contribution in [0.4, 0.5) is 5.69 Å². The largest absolute Gasteiger partial charge is 0.274 e. The Morgan fingerprint density at radius 2 is 1.68 bits per heavy atom. The summed E-state index contributed by atoms with van der Waals surface area (Å²) >= 11 is 5.86. The van der Waals surface area contributed by atoms with Gasteiger partial charge in [0, 0.05) is 11.4 Å². The number of carbonyl (C=O) groups excluding carboxylic acids is 2. The third-order valence-electron chi connectivity index (χ3n) is 4.20. The molecule has 0 saturated carbocycles. The first-order valence-corrected chi connectivity index (χ1v) is 7.63. The topological polar surface area (TPSA) is 37.4 Å². The second kappa shape index (κ2) is 5.93. The lowest BCUT2D eigenvalue weighted by Crippen LogP contribution is -2.31. The molecule has 3 rings (SSSR count). The maximum absolute atomic E-state index is 12.7. The number of nitrogens with zero attached hydrogens (tertiary/aromatic N) is 1. The van der Waals surface area contributed by atoms with Crippen LogP contribution in [0.2, 0.25) is 5.02 Å². The van der Waals surface area contributed by atoms with Crippen LogP contribution in [0.25, 0.3) is 0 Å². The van der Waals surface area contributed by atoms with Gasteiger partial charge in [-0.3, -0.25) is 14.5 Å². The first kappa shape index (κ1) is 14.8. The van der Waals surface area contributed by atoms with Gasteiger partial charge in [-0.25, -0.2) is 0 Å². The van der Waals surface area contributed by atoms with Gasteiger partial charge in [0.2, 0.25) is 11.8 Å². The highest BCUT2D eigenvalue weighted by Gasteiger charge is 2.42. The molecule has 0 spiro atoms. The number of carbonyl (C=O) groups is 2. The lowest BCUT2D eigenvalue weighted by Gasteiger charge is -2.19. The molecule has 0 radical (unpaired) electrons. The molecule has 1 fully saturated rings. The molecular formula is C18H16ClNO2. The summed E-state index contributed by atoms with van der Waals surface area (Å²) in [5.41, 5.74) is 1.66. The molecule has 0 unspecified atom stereocenters. The van der Waals surface area contributed by atoms with Gasteiger partial charge in [0.1, 0.15) is 0 Å². The van der Waals surface area contributed by atoms with Crippen molar-refractivity contribution in [1.82, 2.24) is 0 Å². The third kappa shape index (κ3) is 2.64. The maximum Gasteiger partial charge on any atom is 0.237 e. The average Bonchev–Trinajstić information content (AvgIpc) is 2.83. The van der Waals surface area contributed by atoms with Crippen LogP contribution in [-0.2, 0) is 9.59 Å². The number of halogens is 1. The van der Waals surface area contributed by atoms with Gasteiger partial charge in [0.25, 0.3) is 0 Å². The van der Waals surface area contributed by atoms with Crippen molar-refractivity contribution < 1.29 is 9.59 Å². The fourth-order valence-corrected chi connectivity index (χ4v) is 3.02. The van der Waals surface area contributed by atoms with Gasteiger partial charge in [-0.2, -0.15) is 0 Å². The second-order valence-corrected chi connectivity index (χ2v) is 5.99. The molecule has 0 bridgehead atoms.